The zero-order chi connectivity index (χ0) is 10.7. The molecule has 0 fully saturated rings. The molecule has 0 saturated heterocycles. The predicted octanol–water partition coefficient (Wildman–Crippen LogP) is 1.98. The third-order valence-corrected chi connectivity index (χ3v) is 2.23. The first-order chi connectivity index (χ1) is 6.56. The van der Waals surface area contributed by atoms with Gasteiger partial charge in [0, 0.05) is 11.9 Å². The number of hydrogen-bond acceptors (Lipinski definition) is 3. The number of rotatable bonds is 3. The lowest BCUT2D eigenvalue weighted by Crippen LogP contribution is -2.18. The first-order valence-corrected chi connectivity index (χ1v) is 4.91. The number of imidazole rings is 1. The van der Waals surface area contributed by atoms with Crippen molar-refractivity contribution in [2.45, 2.75) is 26.8 Å². The van der Waals surface area contributed by atoms with Crippen LogP contribution in [0.5, 0.6) is 0 Å². The molecule has 0 amide bonds. The number of nitrogens with zero attached hydrogens (tertiary/aromatic N) is 1. The Balaban J connectivity index is 2.89. The van der Waals surface area contributed by atoms with Crippen LogP contribution >= 0.6 is 12.2 Å². The first-order valence-electron chi connectivity index (χ1n) is 4.50. The number of H-pyrrole nitrogens is 1. The van der Waals surface area contributed by atoms with Gasteiger partial charge in [-0.25, -0.2) is 4.79 Å². The van der Waals surface area contributed by atoms with E-state index in [-0.39, 0.29) is 12.0 Å². The van der Waals surface area contributed by atoms with E-state index in [9.17, 15) is 4.79 Å². The Hall–Kier alpha value is -1.10. The number of aromatic amines is 1. The molecule has 1 heterocycles. The van der Waals surface area contributed by atoms with Crippen LogP contribution in [0.15, 0.2) is 6.20 Å². The van der Waals surface area contributed by atoms with Crippen LogP contribution in [0, 0.1) is 11.7 Å². The highest BCUT2D eigenvalue weighted by atomic mass is 32.1. The largest absolute Gasteiger partial charge is 0.464 e. The maximum atomic E-state index is 11.4. The van der Waals surface area contributed by atoms with Crippen molar-refractivity contribution in [1.29, 1.82) is 0 Å². The maximum absolute atomic E-state index is 11.4. The fraction of sp³-hybridized carbons (Fsp3) is 0.556. The molecule has 5 heteroatoms. The van der Waals surface area contributed by atoms with Crippen molar-refractivity contribution in [3.8, 4) is 0 Å². The summed E-state index contributed by atoms with van der Waals surface area (Å²) in [6.07, 6.45) is 1.81. The van der Waals surface area contributed by atoms with Gasteiger partial charge in [-0.1, -0.05) is 0 Å². The monoisotopic (exact) mass is 214 g/mol. The van der Waals surface area contributed by atoms with Crippen LogP contribution in [0.25, 0.3) is 0 Å². The quantitative estimate of drug-likeness (QED) is 0.618. The second-order valence-electron chi connectivity index (χ2n) is 3.08. The molecule has 14 heavy (non-hydrogen) atoms. The summed E-state index contributed by atoms with van der Waals surface area (Å²) in [4.78, 5) is 14.4. The van der Waals surface area contributed by atoms with Gasteiger partial charge < -0.3 is 14.3 Å². The van der Waals surface area contributed by atoms with Gasteiger partial charge in [-0.15, -0.1) is 0 Å². The van der Waals surface area contributed by atoms with Crippen LogP contribution in [-0.2, 0) is 9.53 Å². The molecule has 4 nitrogen and oxygen atoms in total. The van der Waals surface area contributed by atoms with Crippen molar-refractivity contribution in [2.24, 2.45) is 0 Å². The molecule has 0 aliphatic rings. The van der Waals surface area contributed by atoms with Gasteiger partial charge >= 0.3 is 5.97 Å². The molecule has 0 aliphatic carbocycles. The number of carbonyl (C=O) groups is 1. The van der Waals surface area contributed by atoms with E-state index in [1.54, 1.807) is 18.4 Å². The average molecular weight is 214 g/mol. The highest BCUT2D eigenvalue weighted by Gasteiger charge is 2.16. The average Bonchev–Trinajstić information content (AvgIpc) is 2.44. The van der Waals surface area contributed by atoms with Crippen LogP contribution in [-0.4, -0.2) is 22.1 Å². The van der Waals surface area contributed by atoms with Crippen LogP contribution in [0.1, 0.15) is 25.6 Å². The second-order valence-corrected chi connectivity index (χ2v) is 3.46. The van der Waals surface area contributed by atoms with E-state index in [0.717, 1.165) is 5.69 Å². The summed E-state index contributed by atoms with van der Waals surface area (Å²) in [5, 5.41) is 0. The van der Waals surface area contributed by atoms with E-state index in [2.05, 4.69) is 4.98 Å². The van der Waals surface area contributed by atoms with Gasteiger partial charge in [-0.05, 0) is 33.0 Å². The van der Waals surface area contributed by atoms with Crippen molar-refractivity contribution in [2.75, 3.05) is 6.61 Å². The molecule has 78 valence electrons. The Morgan fingerprint density at radius 1 is 1.79 bits per heavy atom. The molecule has 1 rings (SSSR count). The molecule has 1 unspecified atom stereocenters. The van der Waals surface area contributed by atoms with Crippen LogP contribution in [0.3, 0.4) is 0 Å². The zero-order valence-corrected chi connectivity index (χ0v) is 9.35. The molecule has 0 saturated carbocycles. The third-order valence-electron chi connectivity index (χ3n) is 1.92. The Bertz CT molecular complexity index is 380. The number of esters is 1. The maximum Gasteiger partial charge on any atom is 0.328 e. The van der Waals surface area contributed by atoms with Crippen molar-refractivity contribution < 1.29 is 9.53 Å². The first kappa shape index (κ1) is 11.0. The van der Waals surface area contributed by atoms with Crippen molar-refractivity contribution in [1.82, 2.24) is 9.55 Å². The Kier molecular flexibility index (Phi) is 3.46. The minimum Gasteiger partial charge on any atom is -0.464 e. The minimum absolute atomic E-state index is 0.261. The summed E-state index contributed by atoms with van der Waals surface area (Å²) in [5.74, 6) is -0.261. The van der Waals surface area contributed by atoms with Gasteiger partial charge in [0.25, 0.3) is 0 Å². The number of nitrogens with one attached hydrogen (secondary N) is 1. The number of carbonyl (C=O) groups excluding carboxylic acids is 1. The summed E-state index contributed by atoms with van der Waals surface area (Å²) in [6.45, 7) is 5.83. The van der Waals surface area contributed by atoms with Crippen molar-refractivity contribution >= 4 is 18.2 Å². The second kappa shape index (κ2) is 4.41. The summed E-state index contributed by atoms with van der Waals surface area (Å²) in [6, 6.07) is -0.368. The standard InChI is InChI=1S/C9H14N2O2S/c1-4-13-8(12)7(3)11-5-6(2)10-9(11)14/h5,7H,4H2,1-3H3,(H,10,14). The smallest absolute Gasteiger partial charge is 0.328 e. The molecule has 1 N–H and O–H groups in total. The van der Waals surface area contributed by atoms with E-state index in [1.165, 1.54) is 0 Å². The summed E-state index contributed by atoms with van der Waals surface area (Å²) >= 11 is 5.05. The topological polar surface area (TPSA) is 47.0 Å². The fourth-order valence-electron chi connectivity index (χ4n) is 1.20. The van der Waals surface area contributed by atoms with Crippen molar-refractivity contribution in [3.63, 3.8) is 0 Å². The lowest BCUT2D eigenvalue weighted by molar-refractivity contribution is -0.146. The molecule has 0 spiro atoms. The summed E-state index contributed by atoms with van der Waals surface area (Å²) < 4.78 is 7.14. The lowest BCUT2D eigenvalue weighted by atomic mass is 10.3. The number of hydrogen-bond donors (Lipinski definition) is 1. The molecule has 1 aromatic rings. The van der Waals surface area contributed by atoms with Gasteiger partial charge in [-0.2, -0.15) is 0 Å². The number of aryl methyl sites for hydroxylation is 1. The van der Waals surface area contributed by atoms with E-state index < -0.39 is 0 Å². The fourth-order valence-corrected chi connectivity index (χ4v) is 1.57. The summed E-state index contributed by atoms with van der Waals surface area (Å²) in [7, 11) is 0. The van der Waals surface area contributed by atoms with Crippen LogP contribution in [0.4, 0.5) is 0 Å². The predicted molar refractivity (Wildman–Crippen MR) is 55.7 cm³/mol. The van der Waals surface area contributed by atoms with Gasteiger partial charge in [0.05, 0.1) is 6.61 Å². The molecular weight excluding hydrogens is 200 g/mol. The zero-order valence-electron chi connectivity index (χ0n) is 8.53. The molecule has 1 atom stereocenters. The van der Waals surface area contributed by atoms with Crippen molar-refractivity contribution in [3.05, 3.63) is 16.7 Å². The SMILES string of the molecule is CCOC(=O)C(C)n1cc(C)[nH]c1=S. The Morgan fingerprint density at radius 3 is 2.86 bits per heavy atom. The molecule has 1 aromatic heterocycles. The van der Waals surface area contributed by atoms with Gasteiger partial charge in [0.1, 0.15) is 6.04 Å². The number of aromatic nitrogens is 2. The Morgan fingerprint density at radius 2 is 2.43 bits per heavy atom. The van der Waals surface area contributed by atoms with E-state index in [4.69, 9.17) is 17.0 Å². The lowest BCUT2D eigenvalue weighted by Gasteiger charge is -2.11. The van der Waals surface area contributed by atoms with Gasteiger partial charge in [-0.3, -0.25) is 0 Å². The molecule has 0 radical (unpaired) electrons. The highest BCUT2D eigenvalue weighted by molar-refractivity contribution is 7.71. The minimum atomic E-state index is -0.368. The van der Waals surface area contributed by atoms with E-state index >= 15 is 0 Å². The van der Waals surface area contributed by atoms with Crippen LogP contribution < -0.4 is 0 Å². The molecule has 0 bridgehead atoms. The Labute approximate surface area is 87.9 Å². The van der Waals surface area contributed by atoms with E-state index in [0.29, 0.717) is 11.4 Å². The van der Waals surface area contributed by atoms with Gasteiger partial charge in [0.2, 0.25) is 0 Å². The van der Waals surface area contributed by atoms with Crippen LogP contribution in [0.2, 0.25) is 0 Å². The normalized spacial score (nSPS) is 12.5. The van der Waals surface area contributed by atoms with E-state index in [1.807, 2.05) is 13.1 Å². The highest BCUT2D eigenvalue weighted by Crippen LogP contribution is 2.10. The molecule has 0 aromatic carbocycles. The number of ether oxygens (including phenoxy) is 1. The summed E-state index contributed by atoms with van der Waals surface area (Å²) in [5.41, 5.74) is 0.936. The molecular formula is C9H14N2O2S. The molecule has 0 aliphatic heterocycles. The van der Waals surface area contributed by atoms with Gasteiger partial charge in [0.15, 0.2) is 4.77 Å². The third kappa shape index (κ3) is 2.23.